The fraction of sp³-hybridized carbons (Fsp3) is 0.125. The van der Waals surface area contributed by atoms with Crippen LogP contribution in [0, 0.1) is 27.6 Å². The maximum Gasteiger partial charge on any atom is 0.344 e. The maximum absolute atomic E-state index is 13.4. The molecule has 1 N–H and O–H groups in total. The van der Waals surface area contributed by atoms with Gasteiger partial charge in [-0.1, -0.05) is 0 Å². The third kappa shape index (κ3) is 1.86. The molecule has 1 aromatic carbocycles. The first-order valence-corrected chi connectivity index (χ1v) is 3.95. The summed E-state index contributed by atoms with van der Waals surface area (Å²) in [6.07, 6.45) is 0. The lowest BCUT2D eigenvalue weighted by atomic mass is 10.1. The highest BCUT2D eigenvalue weighted by Crippen LogP contribution is 2.35. The Labute approximate surface area is 91.4 Å². The van der Waals surface area contributed by atoms with Crippen molar-refractivity contribution in [1.82, 2.24) is 0 Å². The average Bonchev–Trinajstić information content (AvgIpc) is 2.21. The Bertz CT molecular complexity index is 517. The Balaban J connectivity index is 3.82. The van der Waals surface area contributed by atoms with Crippen LogP contribution in [0.1, 0.15) is 10.4 Å². The predicted octanol–water partition coefficient (Wildman–Crippen LogP) is 1.72. The maximum atomic E-state index is 13.4. The van der Waals surface area contributed by atoms with E-state index < -0.39 is 45.3 Å². The van der Waals surface area contributed by atoms with Gasteiger partial charge in [0.2, 0.25) is 17.5 Å². The molecule has 0 heterocycles. The topological polar surface area (TPSA) is 89.7 Å². The highest BCUT2D eigenvalue weighted by atomic mass is 19.2. The predicted molar refractivity (Wildman–Crippen MR) is 46.5 cm³/mol. The third-order valence-corrected chi connectivity index (χ3v) is 1.85. The van der Waals surface area contributed by atoms with E-state index in [1.165, 1.54) is 0 Å². The Morgan fingerprint density at radius 3 is 2.18 bits per heavy atom. The van der Waals surface area contributed by atoms with Gasteiger partial charge in [0.1, 0.15) is 5.56 Å². The highest BCUT2D eigenvalue weighted by molar-refractivity contribution is 5.92. The van der Waals surface area contributed by atoms with Gasteiger partial charge < -0.3 is 9.84 Å². The van der Waals surface area contributed by atoms with Crippen LogP contribution in [0.2, 0.25) is 0 Å². The van der Waals surface area contributed by atoms with Crippen molar-refractivity contribution in [1.29, 1.82) is 0 Å². The van der Waals surface area contributed by atoms with E-state index >= 15 is 0 Å². The molecule has 0 aliphatic carbocycles. The molecule has 9 heteroatoms. The number of aromatic carboxylic acids is 1. The van der Waals surface area contributed by atoms with E-state index in [0.29, 0.717) is 0 Å². The zero-order chi connectivity index (χ0) is 13.3. The molecule has 0 bridgehead atoms. The van der Waals surface area contributed by atoms with E-state index in [2.05, 4.69) is 4.74 Å². The second-order valence-corrected chi connectivity index (χ2v) is 2.76. The molecule has 0 aliphatic heterocycles. The first-order valence-electron chi connectivity index (χ1n) is 3.95. The number of methoxy groups -OCH3 is 1. The van der Waals surface area contributed by atoms with Gasteiger partial charge >= 0.3 is 11.7 Å². The molecule has 1 aromatic rings. The van der Waals surface area contributed by atoms with Crippen molar-refractivity contribution < 1.29 is 32.7 Å². The van der Waals surface area contributed by atoms with Crippen molar-refractivity contribution in [3.63, 3.8) is 0 Å². The zero-order valence-corrected chi connectivity index (χ0v) is 8.16. The number of hydrogen-bond donors (Lipinski definition) is 1. The Morgan fingerprint density at radius 2 is 1.82 bits per heavy atom. The summed E-state index contributed by atoms with van der Waals surface area (Å²) < 4.78 is 43.8. The third-order valence-electron chi connectivity index (χ3n) is 1.85. The number of carbonyl (C=O) groups is 1. The lowest BCUT2D eigenvalue weighted by molar-refractivity contribution is -0.390. The minimum Gasteiger partial charge on any atom is -0.493 e. The minimum absolute atomic E-state index is 0.773. The fourth-order valence-electron chi connectivity index (χ4n) is 1.17. The van der Waals surface area contributed by atoms with Crippen LogP contribution in [-0.2, 0) is 0 Å². The zero-order valence-electron chi connectivity index (χ0n) is 8.16. The fourth-order valence-corrected chi connectivity index (χ4v) is 1.17. The van der Waals surface area contributed by atoms with Gasteiger partial charge in [0.15, 0.2) is 5.75 Å². The summed E-state index contributed by atoms with van der Waals surface area (Å²) >= 11 is 0. The van der Waals surface area contributed by atoms with Crippen LogP contribution in [0.25, 0.3) is 0 Å². The summed E-state index contributed by atoms with van der Waals surface area (Å²) in [5.41, 5.74) is -3.31. The summed E-state index contributed by atoms with van der Waals surface area (Å²) in [4.78, 5) is 19.3. The summed E-state index contributed by atoms with van der Waals surface area (Å²) in [6.45, 7) is 0. The molecule has 0 aromatic heterocycles. The number of carboxylic acids is 1. The van der Waals surface area contributed by atoms with Gasteiger partial charge in [-0.15, -0.1) is 0 Å². The molecule has 0 saturated heterocycles. The van der Waals surface area contributed by atoms with Crippen molar-refractivity contribution in [2.45, 2.75) is 0 Å². The molecule has 0 atom stereocenters. The van der Waals surface area contributed by atoms with Crippen molar-refractivity contribution >= 4 is 11.7 Å². The van der Waals surface area contributed by atoms with Crippen LogP contribution >= 0.6 is 0 Å². The molecule has 0 spiro atoms. The molecule has 1 rings (SSSR count). The molecule has 0 saturated carbocycles. The van der Waals surface area contributed by atoms with Crippen LogP contribution in [0.3, 0.4) is 0 Å². The van der Waals surface area contributed by atoms with Gasteiger partial charge in [-0.3, -0.25) is 10.1 Å². The number of ether oxygens (including phenoxy) is 1. The van der Waals surface area contributed by atoms with Crippen LogP contribution in [-0.4, -0.2) is 23.1 Å². The smallest absolute Gasteiger partial charge is 0.344 e. The highest BCUT2D eigenvalue weighted by Gasteiger charge is 2.36. The van der Waals surface area contributed by atoms with Crippen molar-refractivity contribution in [3.05, 3.63) is 33.1 Å². The summed E-state index contributed by atoms with van der Waals surface area (Å²) in [5, 5.41) is 18.9. The van der Waals surface area contributed by atoms with E-state index in [-0.39, 0.29) is 0 Å². The van der Waals surface area contributed by atoms with E-state index in [1.54, 1.807) is 0 Å². The normalized spacial score (nSPS) is 10.1. The Morgan fingerprint density at radius 1 is 1.29 bits per heavy atom. The van der Waals surface area contributed by atoms with Crippen molar-refractivity contribution in [2.75, 3.05) is 7.11 Å². The summed E-state index contributed by atoms with van der Waals surface area (Å²) in [5.74, 6) is -9.30. The largest absolute Gasteiger partial charge is 0.493 e. The van der Waals surface area contributed by atoms with E-state index in [1.807, 2.05) is 0 Å². The molecule has 0 unspecified atom stereocenters. The molecule has 92 valence electrons. The van der Waals surface area contributed by atoms with E-state index in [4.69, 9.17) is 5.11 Å². The second kappa shape index (κ2) is 4.28. The number of rotatable bonds is 3. The van der Waals surface area contributed by atoms with Crippen LogP contribution in [0.15, 0.2) is 0 Å². The number of nitro groups is 1. The molecule has 6 nitrogen and oxygen atoms in total. The number of nitrogens with zero attached hydrogens (tertiary/aromatic N) is 1. The van der Waals surface area contributed by atoms with Crippen LogP contribution in [0.5, 0.6) is 5.75 Å². The van der Waals surface area contributed by atoms with Crippen LogP contribution in [0.4, 0.5) is 18.9 Å². The Kier molecular flexibility index (Phi) is 3.21. The van der Waals surface area contributed by atoms with E-state index in [9.17, 15) is 28.1 Å². The number of halogens is 3. The van der Waals surface area contributed by atoms with Gasteiger partial charge in [0.25, 0.3) is 0 Å². The number of nitro benzene ring substituents is 1. The standard InChI is InChI=1S/C8H4F3NO5/c1-17-7-2(8(13)14)3(9)6(12(15)16)4(10)5(7)11/h1H3,(H,13,14). The van der Waals surface area contributed by atoms with Gasteiger partial charge in [0.05, 0.1) is 12.0 Å². The first kappa shape index (κ1) is 12.7. The SMILES string of the molecule is COc1c(F)c(F)c([N+](=O)[O-])c(F)c1C(=O)O. The molecule has 17 heavy (non-hydrogen) atoms. The lowest BCUT2D eigenvalue weighted by Crippen LogP contribution is -2.11. The monoisotopic (exact) mass is 251 g/mol. The first-order chi connectivity index (χ1) is 7.82. The van der Waals surface area contributed by atoms with Gasteiger partial charge in [0, 0.05) is 0 Å². The quantitative estimate of drug-likeness (QED) is 0.501. The van der Waals surface area contributed by atoms with E-state index in [0.717, 1.165) is 7.11 Å². The van der Waals surface area contributed by atoms with Crippen molar-refractivity contribution in [3.8, 4) is 5.75 Å². The van der Waals surface area contributed by atoms with Crippen LogP contribution < -0.4 is 4.74 Å². The van der Waals surface area contributed by atoms with Gasteiger partial charge in [-0.25, -0.2) is 4.79 Å². The summed E-state index contributed by atoms with van der Waals surface area (Å²) in [6, 6.07) is 0. The van der Waals surface area contributed by atoms with Gasteiger partial charge in [-0.2, -0.15) is 13.2 Å². The lowest BCUT2D eigenvalue weighted by Gasteiger charge is -2.08. The number of carboxylic acid groups (broad SMARTS) is 1. The molecular weight excluding hydrogens is 247 g/mol. The molecule has 0 amide bonds. The molecular formula is C8H4F3NO5. The second-order valence-electron chi connectivity index (χ2n) is 2.76. The average molecular weight is 251 g/mol. The van der Waals surface area contributed by atoms with Crippen molar-refractivity contribution in [2.24, 2.45) is 0 Å². The van der Waals surface area contributed by atoms with Gasteiger partial charge in [-0.05, 0) is 0 Å². The molecule has 0 radical (unpaired) electrons. The Hall–Kier alpha value is -2.32. The number of benzene rings is 1. The molecule has 0 aliphatic rings. The number of hydrogen-bond acceptors (Lipinski definition) is 4. The molecule has 0 fully saturated rings. The minimum atomic E-state index is -2.12. The summed E-state index contributed by atoms with van der Waals surface area (Å²) in [7, 11) is 0.773.